The zero-order chi connectivity index (χ0) is 24.2. The van der Waals surface area contributed by atoms with Crippen LogP contribution in [0.5, 0.6) is 0 Å². The molecule has 1 aliphatic carbocycles. The molecule has 0 saturated carbocycles. The number of nitrogens with one attached hydrogen (secondary N) is 2. The Hall–Kier alpha value is -4.29. The normalized spacial score (nSPS) is 19.1. The number of hydrogen-bond donors (Lipinski definition) is 2. The Morgan fingerprint density at radius 1 is 1.06 bits per heavy atom. The first-order valence-electron chi connectivity index (χ1n) is 12.1. The lowest BCUT2D eigenvalue weighted by Gasteiger charge is -2.35. The number of nitrogens with zero attached hydrogens (tertiary/aromatic N) is 3. The maximum absolute atomic E-state index is 13.0. The first-order chi connectivity index (χ1) is 17.1. The monoisotopic (exact) mass is 461 g/mol. The van der Waals surface area contributed by atoms with Crippen LogP contribution in [0, 0.1) is 28.6 Å². The fourth-order valence-corrected chi connectivity index (χ4v) is 4.97. The van der Waals surface area contributed by atoms with Gasteiger partial charge in [-0.15, -0.1) is 0 Å². The molecule has 1 unspecified atom stereocenters. The van der Waals surface area contributed by atoms with Gasteiger partial charge in [0.25, 0.3) is 0 Å². The van der Waals surface area contributed by atoms with E-state index in [1.54, 1.807) is 6.08 Å². The van der Waals surface area contributed by atoms with Crippen LogP contribution >= 0.6 is 0 Å². The number of hydrogen-bond acceptors (Lipinski definition) is 5. The van der Waals surface area contributed by atoms with E-state index in [1.165, 1.54) is 5.22 Å². The van der Waals surface area contributed by atoms with Crippen molar-refractivity contribution in [2.75, 3.05) is 25.0 Å². The quantitative estimate of drug-likeness (QED) is 0.731. The summed E-state index contributed by atoms with van der Waals surface area (Å²) in [4.78, 5) is 14.9. The number of rotatable bonds is 4. The lowest BCUT2D eigenvalue weighted by Crippen LogP contribution is -2.45. The molecule has 0 bridgehead atoms. The summed E-state index contributed by atoms with van der Waals surface area (Å²) in [6, 6.07) is 16.7. The third kappa shape index (κ3) is 4.83. The minimum absolute atomic E-state index is 0.150. The van der Waals surface area contributed by atoms with Crippen molar-refractivity contribution in [1.82, 2.24) is 10.2 Å². The van der Waals surface area contributed by atoms with Crippen LogP contribution in [0.2, 0.25) is 0 Å². The molecule has 1 amide bonds. The lowest BCUT2D eigenvalue weighted by molar-refractivity contribution is -0.134. The van der Waals surface area contributed by atoms with Crippen LogP contribution in [0.15, 0.2) is 60.2 Å². The van der Waals surface area contributed by atoms with Gasteiger partial charge in [0, 0.05) is 48.4 Å². The van der Waals surface area contributed by atoms with Crippen LogP contribution in [0.1, 0.15) is 24.8 Å². The van der Waals surface area contributed by atoms with Gasteiger partial charge in [0.2, 0.25) is 5.91 Å². The number of amides is 1. The molecule has 0 spiro atoms. The van der Waals surface area contributed by atoms with Crippen LogP contribution in [0.4, 0.5) is 5.69 Å². The van der Waals surface area contributed by atoms with E-state index in [4.69, 9.17) is 5.26 Å². The van der Waals surface area contributed by atoms with E-state index in [-0.39, 0.29) is 17.9 Å². The summed E-state index contributed by atoms with van der Waals surface area (Å²) < 4.78 is 0. The zero-order valence-electron chi connectivity index (χ0n) is 19.5. The standard InChI is InChI=1S/C29H27N5O/c30-17-20-4-6-22(7-5-20)29(35)34-12-9-26(10-13-34)33-28-16-25(15-24-8-11-32-19-27(24)28)23-3-1-2-21(14-23)18-31/h1-6,8,14-16,19,22,26,32-33H,7,9-13H2. The minimum atomic E-state index is -0.166. The van der Waals surface area contributed by atoms with Crippen molar-refractivity contribution in [2.45, 2.75) is 25.3 Å². The molecule has 6 nitrogen and oxygen atoms in total. The predicted molar refractivity (Wildman–Crippen MR) is 137 cm³/mol. The Balaban J connectivity index is 1.31. The smallest absolute Gasteiger partial charge is 0.229 e. The number of nitriles is 2. The SMILES string of the molecule is N#CC1=CCC(C(=O)N2CCC(Nc3cc(-c4cccc(C#N)c4)cc4c3=CNCC=4)CC2)C=C1. The van der Waals surface area contributed by atoms with Crippen molar-refractivity contribution in [3.8, 4) is 23.3 Å². The first-order valence-corrected chi connectivity index (χ1v) is 12.1. The number of allylic oxidation sites excluding steroid dienone is 3. The summed E-state index contributed by atoms with van der Waals surface area (Å²) in [6.45, 7) is 2.22. The van der Waals surface area contributed by atoms with E-state index in [1.807, 2.05) is 41.3 Å². The molecule has 2 N–H and O–H groups in total. The zero-order valence-corrected chi connectivity index (χ0v) is 19.5. The average Bonchev–Trinajstić information content (AvgIpc) is 2.93. The maximum atomic E-state index is 13.0. The molecule has 174 valence electrons. The van der Waals surface area contributed by atoms with Crippen molar-refractivity contribution < 1.29 is 4.79 Å². The van der Waals surface area contributed by atoms with Gasteiger partial charge < -0.3 is 15.5 Å². The number of likely N-dealkylation sites (tertiary alicyclic amines) is 1. The van der Waals surface area contributed by atoms with E-state index < -0.39 is 0 Å². The van der Waals surface area contributed by atoms with Crippen LogP contribution < -0.4 is 21.1 Å². The highest BCUT2D eigenvalue weighted by molar-refractivity contribution is 5.81. The van der Waals surface area contributed by atoms with Crippen LogP contribution in [-0.4, -0.2) is 36.5 Å². The Kier molecular flexibility index (Phi) is 6.37. The van der Waals surface area contributed by atoms with Crippen molar-refractivity contribution in [1.29, 1.82) is 10.5 Å². The van der Waals surface area contributed by atoms with E-state index in [0.717, 1.165) is 54.5 Å². The van der Waals surface area contributed by atoms with Gasteiger partial charge in [0.05, 0.1) is 23.6 Å². The van der Waals surface area contributed by atoms with Crippen LogP contribution in [-0.2, 0) is 4.79 Å². The van der Waals surface area contributed by atoms with E-state index in [9.17, 15) is 10.1 Å². The molecule has 2 heterocycles. The van der Waals surface area contributed by atoms with Gasteiger partial charge in [-0.2, -0.15) is 10.5 Å². The highest BCUT2D eigenvalue weighted by atomic mass is 16.2. The second-order valence-electron chi connectivity index (χ2n) is 9.19. The summed E-state index contributed by atoms with van der Waals surface area (Å²) in [5, 5.41) is 27.7. The highest BCUT2D eigenvalue weighted by Gasteiger charge is 2.27. The number of fused-ring (bicyclic) bond motifs is 1. The van der Waals surface area contributed by atoms with Gasteiger partial charge in [0.1, 0.15) is 0 Å². The lowest BCUT2D eigenvalue weighted by atomic mass is 9.94. The second-order valence-corrected chi connectivity index (χ2v) is 9.19. The van der Waals surface area contributed by atoms with Gasteiger partial charge in [-0.3, -0.25) is 4.79 Å². The summed E-state index contributed by atoms with van der Waals surface area (Å²) in [6.07, 6.45) is 12.1. The number of benzene rings is 2. The Morgan fingerprint density at radius 3 is 2.66 bits per heavy atom. The second kappa shape index (κ2) is 9.91. The van der Waals surface area contributed by atoms with Gasteiger partial charge in [-0.05, 0) is 65.9 Å². The third-order valence-corrected chi connectivity index (χ3v) is 6.94. The molecule has 6 heteroatoms. The van der Waals surface area contributed by atoms with Gasteiger partial charge in [-0.1, -0.05) is 30.4 Å². The predicted octanol–water partition coefficient (Wildman–Crippen LogP) is 2.78. The van der Waals surface area contributed by atoms with Gasteiger partial charge in [-0.25, -0.2) is 0 Å². The van der Waals surface area contributed by atoms with Crippen LogP contribution in [0.25, 0.3) is 23.4 Å². The Labute approximate surface area is 205 Å². The summed E-state index contributed by atoms with van der Waals surface area (Å²) >= 11 is 0. The highest BCUT2D eigenvalue weighted by Crippen LogP contribution is 2.24. The summed E-state index contributed by atoms with van der Waals surface area (Å²) in [7, 11) is 0. The number of piperidine rings is 1. The molecular weight excluding hydrogens is 434 g/mol. The fraction of sp³-hybridized carbons (Fsp3) is 0.276. The molecule has 2 aromatic carbocycles. The molecule has 1 atom stereocenters. The molecule has 1 fully saturated rings. The van der Waals surface area contributed by atoms with Crippen molar-refractivity contribution in [2.24, 2.45) is 5.92 Å². The molecular formula is C29H27N5O. The Morgan fingerprint density at radius 2 is 1.91 bits per heavy atom. The van der Waals surface area contributed by atoms with Gasteiger partial charge >= 0.3 is 0 Å². The number of carbonyl (C=O) groups is 1. The summed E-state index contributed by atoms with van der Waals surface area (Å²) in [5.74, 6) is -0.0162. The average molecular weight is 462 g/mol. The van der Waals surface area contributed by atoms with Crippen molar-refractivity contribution in [3.63, 3.8) is 0 Å². The molecule has 2 aromatic rings. The number of carbonyl (C=O) groups excluding carboxylic acids is 1. The molecule has 2 aliphatic heterocycles. The molecule has 35 heavy (non-hydrogen) atoms. The number of anilines is 1. The third-order valence-electron chi connectivity index (χ3n) is 6.94. The fourth-order valence-electron chi connectivity index (χ4n) is 4.97. The minimum Gasteiger partial charge on any atom is -0.387 e. The summed E-state index contributed by atoms with van der Waals surface area (Å²) in [5.41, 5.74) is 4.45. The first kappa shape index (κ1) is 22.5. The van der Waals surface area contributed by atoms with Crippen molar-refractivity contribution in [3.05, 3.63) is 76.2 Å². The molecule has 0 aromatic heterocycles. The van der Waals surface area contributed by atoms with Crippen molar-refractivity contribution >= 4 is 23.9 Å². The van der Waals surface area contributed by atoms with E-state index in [2.05, 4.69) is 47.2 Å². The molecule has 1 saturated heterocycles. The topological polar surface area (TPSA) is 92.0 Å². The Bertz CT molecular complexity index is 1410. The van der Waals surface area contributed by atoms with Crippen LogP contribution in [0.3, 0.4) is 0 Å². The van der Waals surface area contributed by atoms with E-state index in [0.29, 0.717) is 17.6 Å². The molecule has 0 radical (unpaired) electrons. The van der Waals surface area contributed by atoms with E-state index >= 15 is 0 Å². The largest absolute Gasteiger partial charge is 0.387 e. The van der Waals surface area contributed by atoms with Gasteiger partial charge in [0.15, 0.2) is 0 Å². The molecule has 3 aliphatic rings. The molecule has 5 rings (SSSR count). The maximum Gasteiger partial charge on any atom is 0.229 e.